The van der Waals surface area contributed by atoms with E-state index in [2.05, 4.69) is 10.3 Å². The van der Waals surface area contributed by atoms with Gasteiger partial charge in [-0.05, 0) is 12.1 Å². The van der Waals surface area contributed by atoms with Crippen LogP contribution in [0.15, 0.2) is 35.0 Å². The molecule has 0 spiro atoms. The average Bonchev–Trinajstić information content (AvgIpc) is 2.78. The minimum atomic E-state index is -5.11. The molecule has 2 aliphatic heterocycles. The Hall–Kier alpha value is -3.20. The smallest absolute Gasteiger partial charge is 0.433 e. The summed E-state index contributed by atoms with van der Waals surface area (Å²) >= 11 is 6.94. The van der Waals surface area contributed by atoms with Crippen LogP contribution in [0.2, 0.25) is 0 Å². The number of carboxylic acid groups (broad SMARTS) is 1. The molecule has 192 valence electrons. The second kappa shape index (κ2) is 9.03. The summed E-state index contributed by atoms with van der Waals surface area (Å²) in [4.78, 5) is 40.1. The number of carbonyl (C=O) groups is 3. The zero-order chi connectivity index (χ0) is 26.6. The molecule has 0 unspecified atom stereocenters. The van der Waals surface area contributed by atoms with Crippen LogP contribution >= 0.6 is 23.4 Å². The number of carboxylic acids is 1. The third-order valence-corrected chi connectivity index (χ3v) is 6.95. The van der Waals surface area contributed by atoms with Crippen LogP contribution in [0.25, 0.3) is 10.9 Å². The molecule has 0 saturated carbocycles. The summed E-state index contributed by atoms with van der Waals surface area (Å²) in [5, 5.41) is 10.3. The number of β-lactam (4-membered cyclic amide) rings is 1. The Morgan fingerprint density at radius 3 is 2.53 bits per heavy atom. The lowest BCUT2D eigenvalue weighted by Gasteiger charge is -2.48. The van der Waals surface area contributed by atoms with Crippen molar-refractivity contribution in [1.29, 1.82) is 0 Å². The number of amides is 2. The highest BCUT2D eigenvalue weighted by Crippen LogP contribution is 2.42. The Morgan fingerprint density at radius 2 is 1.92 bits per heavy atom. The first-order chi connectivity index (χ1) is 16.7. The van der Waals surface area contributed by atoms with E-state index in [1.54, 1.807) is 0 Å². The number of thioether (sulfide) groups is 1. The lowest BCUT2D eigenvalue weighted by atomic mass is 10.1. The van der Waals surface area contributed by atoms with Crippen LogP contribution < -0.4 is 10.1 Å². The largest absolute Gasteiger partial charge is 0.483 e. The van der Waals surface area contributed by atoms with Crippen molar-refractivity contribution in [3.05, 3.63) is 46.3 Å². The molecule has 36 heavy (non-hydrogen) atoms. The Kier molecular flexibility index (Phi) is 6.49. The van der Waals surface area contributed by atoms with Gasteiger partial charge in [-0.15, -0.1) is 11.8 Å². The standard InChI is InChI=1S/C20H12ClF6N3O5S/c21-9-6-36-17-14(16(32)30(17)15(9)18(33)34)29-12(31)5-35-10-4-11(20(25,26)27)28-13-7(10)2-1-3-8(13)19(22,23)24/h1-4,14,17H,5-6H2,(H,29,31)(H,33,34)/t14-,17-/m1/s1. The molecule has 1 saturated heterocycles. The highest BCUT2D eigenvalue weighted by atomic mass is 35.5. The van der Waals surface area contributed by atoms with Gasteiger partial charge in [-0.1, -0.05) is 17.7 Å². The zero-order valence-electron chi connectivity index (χ0n) is 17.4. The fourth-order valence-electron chi connectivity index (χ4n) is 3.65. The van der Waals surface area contributed by atoms with Crippen LogP contribution in [0, 0.1) is 0 Å². The number of benzene rings is 1. The summed E-state index contributed by atoms with van der Waals surface area (Å²) in [5.41, 5.74) is -4.51. The summed E-state index contributed by atoms with van der Waals surface area (Å²) < 4.78 is 85.0. The highest BCUT2D eigenvalue weighted by molar-refractivity contribution is 8.00. The molecule has 0 aliphatic carbocycles. The molecule has 1 aromatic heterocycles. The van der Waals surface area contributed by atoms with Gasteiger partial charge in [0.1, 0.15) is 28.6 Å². The number of rotatable bonds is 5. The molecule has 2 aliphatic rings. The number of halogens is 7. The van der Waals surface area contributed by atoms with E-state index >= 15 is 0 Å². The molecule has 1 aromatic carbocycles. The predicted molar refractivity (Wildman–Crippen MR) is 113 cm³/mol. The van der Waals surface area contributed by atoms with Crippen LogP contribution in [0.3, 0.4) is 0 Å². The first-order valence-electron chi connectivity index (χ1n) is 9.77. The molecule has 2 amide bonds. The van der Waals surface area contributed by atoms with Gasteiger partial charge in [-0.3, -0.25) is 14.5 Å². The number of carbonyl (C=O) groups excluding carboxylic acids is 2. The lowest BCUT2D eigenvalue weighted by molar-refractivity contribution is -0.150. The third-order valence-electron chi connectivity index (χ3n) is 5.20. The molecular weight excluding hydrogens is 544 g/mol. The highest BCUT2D eigenvalue weighted by Gasteiger charge is 2.54. The second-order valence-electron chi connectivity index (χ2n) is 7.51. The number of fused-ring (bicyclic) bond motifs is 2. The molecule has 8 nitrogen and oxygen atoms in total. The summed E-state index contributed by atoms with van der Waals surface area (Å²) in [6.07, 6.45) is -10.1. The van der Waals surface area contributed by atoms with Crippen molar-refractivity contribution < 1.29 is 50.6 Å². The van der Waals surface area contributed by atoms with Gasteiger partial charge in [-0.2, -0.15) is 26.3 Å². The van der Waals surface area contributed by atoms with Crippen molar-refractivity contribution in [2.75, 3.05) is 12.4 Å². The number of alkyl halides is 6. The van der Waals surface area contributed by atoms with Crippen LogP contribution in [-0.2, 0) is 26.7 Å². The van der Waals surface area contributed by atoms with Gasteiger partial charge in [0, 0.05) is 17.2 Å². The average molecular weight is 556 g/mol. The number of para-hydroxylation sites is 1. The minimum absolute atomic E-state index is 0.0608. The van der Waals surface area contributed by atoms with Crippen molar-refractivity contribution in [1.82, 2.24) is 15.2 Å². The quantitative estimate of drug-likeness (QED) is 0.429. The van der Waals surface area contributed by atoms with E-state index in [4.69, 9.17) is 16.3 Å². The molecule has 0 bridgehead atoms. The van der Waals surface area contributed by atoms with E-state index < -0.39 is 81.8 Å². The van der Waals surface area contributed by atoms with E-state index in [0.717, 1.165) is 28.8 Å². The van der Waals surface area contributed by atoms with Crippen molar-refractivity contribution in [2.45, 2.75) is 23.8 Å². The Bertz CT molecular complexity index is 1320. The number of ether oxygens (including phenoxy) is 1. The van der Waals surface area contributed by atoms with E-state index in [0.29, 0.717) is 12.1 Å². The molecule has 16 heteroatoms. The molecule has 4 rings (SSSR count). The first-order valence-corrected chi connectivity index (χ1v) is 11.2. The van der Waals surface area contributed by atoms with Gasteiger partial charge in [0.05, 0.1) is 16.1 Å². The fourth-order valence-corrected chi connectivity index (χ4v) is 5.20. The number of hydrogen-bond acceptors (Lipinski definition) is 6. The monoisotopic (exact) mass is 555 g/mol. The molecule has 2 aromatic rings. The third kappa shape index (κ3) is 4.64. The van der Waals surface area contributed by atoms with Gasteiger partial charge in [0.25, 0.3) is 11.8 Å². The second-order valence-corrected chi connectivity index (χ2v) is 9.07. The van der Waals surface area contributed by atoms with Gasteiger partial charge < -0.3 is 15.2 Å². The van der Waals surface area contributed by atoms with E-state index in [1.807, 2.05) is 0 Å². The van der Waals surface area contributed by atoms with Crippen molar-refractivity contribution in [3.63, 3.8) is 0 Å². The van der Waals surface area contributed by atoms with Gasteiger partial charge in [0.15, 0.2) is 6.61 Å². The van der Waals surface area contributed by atoms with Crippen molar-refractivity contribution >= 4 is 52.0 Å². The van der Waals surface area contributed by atoms with Crippen LogP contribution in [0.5, 0.6) is 5.75 Å². The fraction of sp³-hybridized carbons (Fsp3) is 0.300. The predicted octanol–water partition coefficient (Wildman–Crippen LogP) is 3.59. The number of hydrogen-bond donors (Lipinski definition) is 2. The first kappa shape index (κ1) is 25.9. The van der Waals surface area contributed by atoms with Crippen LogP contribution in [-0.4, -0.2) is 56.5 Å². The Balaban J connectivity index is 1.55. The summed E-state index contributed by atoms with van der Waals surface area (Å²) in [5.74, 6) is -3.80. The Labute approximate surface area is 206 Å². The number of nitrogens with one attached hydrogen (secondary N) is 1. The minimum Gasteiger partial charge on any atom is -0.483 e. The maximum absolute atomic E-state index is 13.3. The number of nitrogens with zero attached hydrogens (tertiary/aromatic N) is 2. The van der Waals surface area contributed by atoms with Gasteiger partial charge >= 0.3 is 18.3 Å². The topological polar surface area (TPSA) is 109 Å². The maximum Gasteiger partial charge on any atom is 0.433 e. The van der Waals surface area contributed by atoms with Gasteiger partial charge in [0.2, 0.25) is 0 Å². The number of pyridine rings is 1. The maximum atomic E-state index is 13.3. The zero-order valence-corrected chi connectivity index (χ0v) is 19.0. The van der Waals surface area contributed by atoms with E-state index in [1.165, 1.54) is 0 Å². The molecule has 2 atom stereocenters. The summed E-state index contributed by atoms with van der Waals surface area (Å²) in [6.45, 7) is -0.948. The normalized spacial score (nSPS) is 20.2. The van der Waals surface area contributed by atoms with Crippen LogP contribution in [0.1, 0.15) is 11.3 Å². The molecule has 2 N–H and O–H groups in total. The molecule has 3 heterocycles. The lowest BCUT2D eigenvalue weighted by Crippen LogP contribution is -2.70. The van der Waals surface area contributed by atoms with E-state index in [-0.39, 0.29) is 10.8 Å². The summed E-state index contributed by atoms with van der Waals surface area (Å²) in [6, 6.07) is 1.78. The van der Waals surface area contributed by atoms with Crippen LogP contribution in [0.4, 0.5) is 26.3 Å². The molecular formula is C20H12ClF6N3O5S. The Morgan fingerprint density at radius 1 is 1.22 bits per heavy atom. The SMILES string of the molecule is O=C(COc1cc(C(F)(F)F)nc2c(C(F)(F)F)cccc12)N[C@@H]1C(=O)N2C(C(=O)O)=C(Cl)CS[C@H]12. The van der Waals surface area contributed by atoms with Gasteiger partial charge in [-0.25, -0.2) is 9.78 Å². The molecule has 0 radical (unpaired) electrons. The van der Waals surface area contributed by atoms with Crippen molar-refractivity contribution in [3.8, 4) is 5.75 Å². The number of aliphatic carboxylic acids is 1. The summed E-state index contributed by atoms with van der Waals surface area (Å²) in [7, 11) is 0. The van der Waals surface area contributed by atoms with E-state index in [9.17, 15) is 45.8 Å². The number of aromatic nitrogens is 1. The molecule has 1 fully saturated rings. The van der Waals surface area contributed by atoms with Crippen molar-refractivity contribution in [2.24, 2.45) is 0 Å².